The van der Waals surface area contributed by atoms with E-state index in [1.807, 2.05) is 49.6 Å². The Morgan fingerprint density at radius 3 is 2.41 bits per heavy atom. The topological polar surface area (TPSA) is 55.4 Å². The van der Waals surface area contributed by atoms with Gasteiger partial charge in [-0.25, -0.2) is 4.79 Å². The van der Waals surface area contributed by atoms with Crippen molar-refractivity contribution in [1.82, 2.24) is 0 Å². The molecule has 4 nitrogen and oxygen atoms in total. The molecule has 32 heavy (non-hydrogen) atoms. The fraction of sp³-hybridized carbons (Fsp3) is 0.259. The summed E-state index contributed by atoms with van der Waals surface area (Å²) in [6.45, 7) is 10.4. The van der Waals surface area contributed by atoms with Crippen LogP contribution in [0.1, 0.15) is 59.3 Å². The number of thiophene rings is 1. The Hall–Kier alpha value is -3.18. The summed E-state index contributed by atoms with van der Waals surface area (Å²) in [7, 11) is 0. The summed E-state index contributed by atoms with van der Waals surface area (Å²) in [4.78, 5) is 25.3. The molecule has 0 saturated carbocycles. The van der Waals surface area contributed by atoms with Gasteiger partial charge in [0.1, 0.15) is 10.6 Å². The number of rotatable bonds is 7. The van der Waals surface area contributed by atoms with Crippen molar-refractivity contribution < 1.29 is 14.3 Å². The molecule has 1 N–H and O–H groups in total. The van der Waals surface area contributed by atoms with E-state index >= 15 is 0 Å². The molecule has 2 aromatic carbocycles. The van der Waals surface area contributed by atoms with E-state index in [-0.39, 0.29) is 12.5 Å². The second-order valence-electron chi connectivity index (χ2n) is 8.02. The zero-order valence-corrected chi connectivity index (χ0v) is 20.0. The average Bonchev–Trinajstić information content (AvgIpc) is 3.18. The van der Waals surface area contributed by atoms with Crippen LogP contribution in [0.3, 0.4) is 0 Å². The molecule has 1 amide bonds. The van der Waals surface area contributed by atoms with E-state index in [4.69, 9.17) is 4.74 Å². The van der Waals surface area contributed by atoms with E-state index in [2.05, 4.69) is 31.3 Å². The van der Waals surface area contributed by atoms with Crippen LogP contribution in [0.4, 0.5) is 5.00 Å². The minimum Gasteiger partial charge on any atom is -0.462 e. The number of hydrogen-bond donors (Lipinski definition) is 1. The van der Waals surface area contributed by atoms with Crippen molar-refractivity contribution in [3.63, 3.8) is 0 Å². The first-order valence-corrected chi connectivity index (χ1v) is 11.6. The summed E-state index contributed by atoms with van der Waals surface area (Å²) in [6.07, 6.45) is 3.25. The predicted octanol–water partition coefficient (Wildman–Crippen LogP) is 6.98. The SMILES string of the molecule is CCOC(=O)c1c(-c2ccc(C)c(C)c2)csc1NC(=O)C=Cc1ccc(C(C)C)cc1. The number of ether oxygens (including phenoxy) is 1. The molecule has 1 aromatic heterocycles. The number of amides is 1. The van der Waals surface area contributed by atoms with Crippen molar-refractivity contribution in [2.45, 2.75) is 40.5 Å². The average molecular weight is 448 g/mol. The third-order valence-electron chi connectivity index (χ3n) is 5.36. The molecule has 0 spiro atoms. The first kappa shape index (κ1) is 23.5. The van der Waals surface area contributed by atoms with Gasteiger partial charge >= 0.3 is 5.97 Å². The zero-order chi connectivity index (χ0) is 23.3. The fourth-order valence-corrected chi connectivity index (χ4v) is 4.26. The lowest BCUT2D eigenvalue weighted by Gasteiger charge is -2.09. The minimum atomic E-state index is -0.439. The van der Waals surface area contributed by atoms with Crippen molar-refractivity contribution in [2.24, 2.45) is 0 Å². The van der Waals surface area contributed by atoms with Crippen molar-refractivity contribution in [2.75, 3.05) is 11.9 Å². The zero-order valence-electron chi connectivity index (χ0n) is 19.2. The second-order valence-corrected chi connectivity index (χ2v) is 8.90. The molecule has 3 rings (SSSR count). The van der Waals surface area contributed by atoms with Gasteiger partial charge in [-0.2, -0.15) is 0 Å². The molecule has 0 aliphatic heterocycles. The third-order valence-corrected chi connectivity index (χ3v) is 6.25. The quantitative estimate of drug-likeness (QED) is 0.314. The Kier molecular flexibility index (Phi) is 7.65. The van der Waals surface area contributed by atoms with Crippen molar-refractivity contribution in [3.8, 4) is 11.1 Å². The summed E-state index contributed by atoms with van der Waals surface area (Å²) >= 11 is 1.32. The molecule has 0 atom stereocenters. The molecule has 0 aliphatic carbocycles. The molecule has 0 unspecified atom stereocenters. The van der Waals surface area contributed by atoms with Crippen LogP contribution in [0.25, 0.3) is 17.2 Å². The highest BCUT2D eigenvalue weighted by Crippen LogP contribution is 2.37. The van der Waals surface area contributed by atoms with E-state index in [0.29, 0.717) is 16.5 Å². The van der Waals surface area contributed by atoms with Crippen LogP contribution >= 0.6 is 11.3 Å². The third kappa shape index (κ3) is 5.54. The van der Waals surface area contributed by atoms with Gasteiger partial charge in [0, 0.05) is 17.0 Å². The maximum atomic E-state index is 12.7. The number of hydrogen-bond acceptors (Lipinski definition) is 4. The number of benzene rings is 2. The van der Waals surface area contributed by atoms with Crippen molar-refractivity contribution >= 4 is 34.3 Å². The molecule has 0 saturated heterocycles. The number of nitrogens with one attached hydrogen (secondary N) is 1. The van der Waals surface area contributed by atoms with E-state index in [1.165, 1.54) is 28.5 Å². The Labute approximate surface area is 193 Å². The van der Waals surface area contributed by atoms with Gasteiger partial charge in [-0.1, -0.05) is 56.3 Å². The standard InChI is InChI=1S/C27H29NO3S/c1-6-31-27(30)25-23(22-11-7-18(4)19(5)15-22)16-32-26(25)28-24(29)14-10-20-8-12-21(13-9-20)17(2)3/h7-17H,6H2,1-5H3,(H,28,29). The van der Waals surface area contributed by atoms with Gasteiger partial charge in [0.05, 0.1) is 6.61 Å². The van der Waals surface area contributed by atoms with Crippen LogP contribution in [0, 0.1) is 13.8 Å². The van der Waals surface area contributed by atoms with E-state index in [1.54, 1.807) is 13.0 Å². The van der Waals surface area contributed by atoms with Crippen molar-refractivity contribution in [3.05, 3.63) is 81.7 Å². The van der Waals surface area contributed by atoms with Crippen LogP contribution < -0.4 is 5.32 Å². The summed E-state index contributed by atoms with van der Waals surface area (Å²) in [6, 6.07) is 14.2. The normalized spacial score (nSPS) is 11.2. The van der Waals surface area contributed by atoms with Crippen molar-refractivity contribution in [1.29, 1.82) is 0 Å². The molecular formula is C27H29NO3S. The van der Waals surface area contributed by atoms with Crippen LogP contribution in [-0.4, -0.2) is 18.5 Å². The highest BCUT2D eigenvalue weighted by molar-refractivity contribution is 7.15. The van der Waals surface area contributed by atoms with Gasteiger partial charge in [0.25, 0.3) is 0 Å². The maximum absolute atomic E-state index is 12.7. The number of anilines is 1. The Bertz CT molecular complexity index is 1140. The fourth-order valence-electron chi connectivity index (χ4n) is 3.29. The lowest BCUT2D eigenvalue weighted by atomic mass is 9.99. The van der Waals surface area contributed by atoms with Crippen LogP contribution in [0.15, 0.2) is 53.9 Å². The minimum absolute atomic E-state index is 0.265. The Morgan fingerprint density at radius 2 is 1.78 bits per heavy atom. The number of esters is 1. The van der Waals surface area contributed by atoms with Crippen LogP contribution in [0.5, 0.6) is 0 Å². The molecular weight excluding hydrogens is 418 g/mol. The monoisotopic (exact) mass is 447 g/mol. The maximum Gasteiger partial charge on any atom is 0.341 e. The van der Waals surface area contributed by atoms with Gasteiger partial charge < -0.3 is 10.1 Å². The second kappa shape index (κ2) is 10.4. The number of aryl methyl sites for hydroxylation is 2. The Balaban J connectivity index is 1.85. The smallest absolute Gasteiger partial charge is 0.341 e. The lowest BCUT2D eigenvalue weighted by Crippen LogP contribution is -2.12. The summed E-state index contributed by atoms with van der Waals surface area (Å²) in [5.41, 5.74) is 6.60. The lowest BCUT2D eigenvalue weighted by molar-refractivity contribution is -0.111. The highest BCUT2D eigenvalue weighted by atomic mass is 32.1. The first-order valence-electron chi connectivity index (χ1n) is 10.8. The number of carbonyl (C=O) groups excluding carboxylic acids is 2. The first-order chi connectivity index (χ1) is 15.3. The molecule has 0 radical (unpaired) electrons. The Morgan fingerprint density at radius 1 is 1.06 bits per heavy atom. The summed E-state index contributed by atoms with van der Waals surface area (Å²) in [5, 5.41) is 5.23. The predicted molar refractivity (Wildman–Crippen MR) is 133 cm³/mol. The molecule has 3 aromatic rings. The van der Waals surface area contributed by atoms with Gasteiger partial charge in [-0.3, -0.25) is 4.79 Å². The molecule has 0 aliphatic rings. The highest BCUT2D eigenvalue weighted by Gasteiger charge is 2.22. The van der Waals surface area contributed by atoms with Gasteiger partial charge in [0.15, 0.2) is 0 Å². The summed E-state index contributed by atoms with van der Waals surface area (Å²) in [5.74, 6) is -0.273. The van der Waals surface area contributed by atoms with Gasteiger partial charge in [-0.05, 0) is 60.6 Å². The largest absolute Gasteiger partial charge is 0.462 e. The molecule has 166 valence electrons. The summed E-state index contributed by atoms with van der Waals surface area (Å²) < 4.78 is 5.28. The molecule has 1 heterocycles. The van der Waals surface area contributed by atoms with Crippen LogP contribution in [-0.2, 0) is 9.53 Å². The van der Waals surface area contributed by atoms with E-state index < -0.39 is 5.97 Å². The van der Waals surface area contributed by atoms with E-state index in [0.717, 1.165) is 22.3 Å². The van der Waals surface area contributed by atoms with Gasteiger partial charge in [-0.15, -0.1) is 11.3 Å². The molecule has 0 bridgehead atoms. The van der Waals surface area contributed by atoms with E-state index in [9.17, 15) is 9.59 Å². The van der Waals surface area contributed by atoms with Gasteiger partial charge in [0.2, 0.25) is 5.91 Å². The molecule has 0 fully saturated rings. The molecule has 5 heteroatoms. The number of carbonyl (C=O) groups is 2. The van der Waals surface area contributed by atoms with Crippen LogP contribution in [0.2, 0.25) is 0 Å².